The Labute approximate surface area is 154 Å². The first-order valence-electron chi connectivity index (χ1n) is 8.97. The lowest BCUT2D eigenvalue weighted by atomic mass is 10.0. The molecule has 0 saturated heterocycles. The summed E-state index contributed by atoms with van der Waals surface area (Å²) in [5, 5.41) is 3.69. The smallest absolute Gasteiger partial charge is 0.320 e. The number of carbonyl (C=O) groups excluding carboxylic acids is 1. The molecule has 3 rings (SSSR count). The third-order valence-corrected chi connectivity index (χ3v) is 6.03. The van der Waals surface area contributed by atoms with E-state index in [9.17, 15) is 4.79 Å². The van der Waals surface area contributed by atoms with Crippen LogP contribution in [0.5, 0.6) is 0 Å². The number of carbonyl (C=O) groups is 1. The molecule has 3 nitrogen and oxygen atoms in total. The van der Waals surface area contributed by atoms with Crippen molar-refractivity contribution in [2.45, 2.75) is 50.3 Å². The van der Waals surface area contributed by atoms with Gasteiger partial charge in [-0.2, -0.15) is 0 Å². The van der Waals surface area contributed by atoms with Crippen LogP contribution in [0, 0.1) is 6.92 Å². The van der Waals surface area contributed by atoms with E-state index >= 15 is 0 Å². The Bertz CT molecular complexity index is 759. The van der Waals surface area contributed by atoms with Crippen LogP contribution in [0.2, 0.25) is 0 Å². The number of nitrogens with one attached hydrogen (secondary N) is 1. The fourth-order valence-corrected chi connectivity index (χ4v) is 4.05. The molecular formula is C21H26N2OS. The van der Waals surface area contributed by atoms with Crippen molar-refractivity contribution in [3.63, 3.8) is 0 Å². The molecule has 1 aliphatic rings. The topological polar surface area (TPSA) is 32.3 Å². The van der Waals surface area contributed by atoms with Crippen molar-refractivity contribution < 1.29 is 4.79 Å². The maximum atomic E-state index is 12.6. The fraction of sp³-hybridized carbons (Fsp3) is 0.381. The van der Waals surface area contributed by atoms with Crippen LogP contribution in [0.25, 0.3) is 0 Å². The number of fused-ring (bicyclic) bond motifs is 1. The number of urea groups is 1. The van der Waals surface area contributed by atoms with E-state index in [1.54, 1.807) is 0 Å². The van der Waals surface area contributed by atoms with Gasteiger partial charge in [0, 0.05) is 28.9 Å². The Kier molecular flexibility index (Phi) is 5.69. The molecule has 0 saturated carbocycles. The number of nitrogens with zero attached hydrogens (tertiary/aromatic N) is 1. The highest BCUT2D eigenvalue weighted by Crippen LogP contribution is 2.29. The highest BCUT2D eigenvalue weighted by Gasteiger charge is 2.20. The molecule has 4 heteroatoms. The third kappa shape index (κ3) is 4.37. The van der Waals surface area contributed by atoms with E-state index < -0.39 is 0 Å². The van der Waals surface area contributed by atoms with Gasteiger partial charge in [-0.3, -0.25) is 0 Å². The minimum atomic E-state index is -0.0140. The predicted molar refractivity (Wildman–Crippen MR) is 106 cm³/mol. The molecule has 2 aromatic rings. The summed E-state index contributed by atoms with van der Waals surface area (Å²) in [5.41, 5.74) is 4.62. The largest absolute Gasteiger partial charge is 0.322 e. The molecule has 1 N–H and O–H groups in total. The molecule has 0 aliphatic carbocycles. The Hall–Kier alpha value is -1.94. The summed E-state index contributed by atoms with van der Waals surface area (Å²) in [5.74, 6) is 0. The highest BCUT2D eigenvalue weighted by molar-refractivity contribution is 7.99. The highest BCUT2D eigenvalue weighted by atomic mass is 32.2. The van der Waals surface area contributed by atoms with Crippen LogP contribution >= 0.6 is 11.8 Å². The van der Waals surface area contributed by atoms with Gasteiger partial charge in [-0.25, -0.2) is 4.79 Å². The van der Waals surface area contributed by atoms with Gasteiger partial charge >= 0.3 is 6.03 Å². The van der Waals surface area contributed by atoms with Gasteiger partial charge < -0.3 is 10.2 Å². The van der Waals surface area contributed by atoms with Gasteiger partial charge in [0.1, 0.15) is 0 Å². The first-order valence-corrected chi connectivity index (χ1v) is 9.84. The first-order chi connectivity index (χ1) is 12.1. The van der Waals surface area contributed by atoms with Crippen LogP contribution in [0.15, 0.2) is 47.4 Å². The lowest BCUT2D eigenvalue weighted by Gasteiger charge is -2.29. The molecule has 1 unspecified atom stereocenters. The van der Waals surface area contributed by atoms with Crippen molar-refractivity contribution in [2.75, 3.05) is 11.9 Å². The number of amides is 2. The number of benzene rings is 2. The summed E-state index contributed by atoms with van der Waals surface area (Å²) in [6.07, 6.45) is 2.08. The predicted octanol–water partition coefficient (Wildman–Crippen LogP) is 5.48. The summed E-state index contributed by atoms with van der Waals surface area (Å²) < 4.78 is 0. The number of thioether (sulfide) groups is 1. The van der Waals surface area contributed by atoms with E-state index in [1.807, 2.05) is 28.8 Å². The van der Waals surface area contributed by atoms with Gasteiger partial charge in [-0.05, 0) is 54.7 Å². The van der Waals surface area contributed by atoms with Crippen LogP contribution in [0.3, 0.4) is 0 Å². The van der Waals surface area contributed by atoms with Crippen molar-refractivity contribution in [2.24, 2.45) is 0 Å². The van der Waals surface area contributed by atoms with Crippen LogP contribution in [-0.2, 0) is 13.0 Å². The maximum Gasteiger partial charge on any atom is 0.322 e. The first kappa shape index (κ1) is 17.9. The number of hydrogen-bond acceptors (Lipinski definition) is 2. The van der Waals surface area contributed by atoms with Gasteiger partial charge in [0.2, 0.25) is 0 Å². The number of rotatable bonds is 4. The van der Waals surface area contributed by atoms with E-state index in [4.69, 9.17) is 0 Å². The number of hydrogen-bond donors (Lipinski definition) is 1. The average molecular weight is 355 g/mol. The molecule has 132 valence electrons. The minimum Gasteiger partial charge on any atom is -0.320 e. The Morgan fingerprint density at radius 1 is 1.24 bits per heavy atom. The molecule has 1 atom stereocenters. The molecule has 1 aliphatic heterocycles. The van der Waals surface area contributed by atoms with Gasteiger partial charge in [0.15, 0.2) is 0 Å². The molecule has 0 fully saturated rings. The zero-order valence-electron chi connectivity index (χ0n) is 15.2. The molecule has 25 heavy (non-hydrogen) atoms. The van der Waals surface area contributed by atoms with E-state index in [2.05, 4.69) is 56.4 Å². The molecule has 0 aromatic heterocycles. The molecule has 0 bridgehead atoms. The zero-order chi connectivity index (χ0) is 17.8. The van der Waals surface area contributed by atoms with Gasteiger partial charge in [-0.15, -0.1) is 11.8 Å². The zero-order valence-corrected chi connectivity index (χ0v) is 16.0. The lowest BCUT2D eigenvalue weighted by molar-refractivity contribution is 0.206. The van der Waals surface area contributed by atoms with Crippen LogP contribution in [0.4, 0.5) is 10.5 Å². The molecule has 0 spiro atoms. The SMILES string of the molecule is CCC(C)Sc1ccc(NC(=O)N2CCc3ccccc3C2)c(C)c1. The summed E-state index contributed by atoms with van der Waals surface area (Å²) >= 11 is 1.88. The molecule has 2 amide bonds. The van der Waals surface area contributed by atoms with E-state index in [0.717, 1.165) is 30.6 Å². The van der Waals surface area contributed by atoms with Crippen LogP contribution < -0.4 is 5.32 Å². The number of anilines is 1. The second-order valence-electron chi connectivity index (χ2n) is 6.68. The van der Waals surface area contributed by atoms with Crippen molar-refractivity contribution in [1.29, 1.82) is 0 Å². The van der Waals surface area contributed by atoms with Gasteiger partial charge in [-0.1, -0.05) is 38.1 Å². The summed E-state index contributed by atoms with van der Waals surface area (Å²) in [6, 6.07) is 14.6. The Balaban J connectivity index is 1.65. The van der Waals surface area contributed by atoms with Gasteiger partial charge in [0.05, 0.1) is 0 Å². The monoisotopic (exact) mass is 354 g/mol. The number of aryl methyl sites for hydroxylation is 1. The summed E-state index contributed by atoms with van der Waals surface area (Å²) in [4.78, 5) is 15.8. The minimum absolute atomic E-state index is 0.0140. The van der Waals surface area contributed by atoms with E-state index in [1.165, 1.54) is 16.0 Å². The fourth-order valence-electron chi connectivity index (χ4n) is 3.03. The van der Waals surface area contributed by atoms with Crippen molar-refractivity contribution >= 4 is 23.5 Å². The van der Waals surface area contributed by atoms with E-state index in [0.29, 0.717) is 11.8 Å². The van der Waals surface area contributed by atoms with E-state index in [-0.39, 0.29) is 6.03 Å². The van der Waals surface area contributed by atoms with Crippen molar-refractivity contribution in [1.82, 2.24) is 4.90 Å². The third-order valence-electron chi connectivity index (χ3n) is 4.77. The summed E-state index contributed by atoms with van der Waals surface area (Å²) in [7, 11) is 0. The van der Waals surface area contributed by atoms with Gasteiger partial charge in [0.25, 0.3) is 0 Å². The van der Waals surface area contributed by atoms with Crippen LogP contribution in [-0.4, -0.2) is 22.7 Å². The van der Waals surface area contributed by atoms with Crippen LogP contribution in [0.1, 0.15) is 37.0 Å². The quantitative estimate of drug-likeness (QED) is 0.738. The normalized spacial score (nSPS) is 14.8. The lowest BCUT2D eigenvalue weighted by Crippen LogP contribution is -2.38. The standard InChI is InChI=1S/C21H26N2OS/c1-4-16(3)25-19-9-10-20(15(2)13-19)22-21(24)23-12-11-17-7-5-6-8-18(17)14-23/h5-10,13,16H,4,11-12,14H2,1-3H3,(H,22,24). The molecule has 0 radical (unpaired) electrons. The molecule has 1 heterocycles. The maximum absolute atomic E-state index is 12.6. The molecular weight excluding hydrogens is 328 g/mol. The van der Waals surface area contributed by atoms with Crippen molar-refractivity contribution in [3.05, 3.63) is 59.2 Å². The second-order valence-corrected chi connectivity index (χ2v) is 8.20. The summed E-state index contributed by atoms with van der Waals surface area (Å²) in [6.45, 7) is 7.95. The van der Waals surface area contributed by atoms with Crippen molar-refractivity contribution in [3.8, 4) is 0 Å². The molecule has 2 aromatic carbocycles. The Morgan fingerprint density at radius 2 is 2.00 bits per heavy atom. The Morgan fingerprint density at radius 3 is 2.72 bits per heavy atom. The second kappa shape index (κ2) is 7.96. The average Bonchev–Trinajstić information content (AvgIpc) is 2.63.